The van der Waals surface area contributed by atoms with Gasteiger partial charge in [-0.25, -0.2) is 0 Å². The van der Waals surface area contributed by atoms with Crippen molar-refractivity contribution in [3.8, 4) is 0 Å². The van der Waals surface area contributed by atoms with Crippen LogP contribution in [0.3, 0.4) is 0 Å². The average Bonchev–Trinajstić information content (AvgIpc) is 2.44. The van der Waals surface area contributed by atoms with E-state index in [-0.39, 0.29) is 4.75 Å². The zero-order valence-electron chi connectivity index (χ0n) is 15.1. The number of nitrogens with zero attached hydrogens (tertiary/aromatic N) is 2. The first kappa shape index (κ1) is 21.3. The lowest BCUT2D eigenvalue weighted by atomic mass is 10.3. The van der Waals surface area contributed by atoms with Gasteiger partial charge >= 0.3 is 0 Å². The van der Waals surface area contributed by atoms with Crippen molar-refractivity contribution in [1.29, 1.82) is 0 Å². The Bertz CT molecular complexity index is 343. The van der Waals surface area contributed by atoms with Crippen molar-refractivity contribution >= 4 is 16.8 Å². The van der Waals surface area contributed by atoms with E-state index in [1.807, 2.05) is 20.8 Å². The van der Waals surface area contributed by atoms with Gasteiger partial charge in [0.05, 0.1) is 0 Å². The molecule has 0 radical (unpaired) electrons. The zero-order valence-corrected chi connectivity index (χ0v) is 15.9. The van der Waals surface area contributed by atoms with Gasteiger partial charge in [0.15, 0.2) is 5.96 Å². The number of likely N-dealkylation sites (N-methyl/N-ethyl adjacent to an activating group) is 1. The number of guanidine groups is 1. The Kier molecular flexibility index (Phi) is 11.5. The van der Waals surface area contributed by atoms with Crippen LogP contribution in [0.4, 0.5) is 0 Å². The summed E-state index contributed by atoms with van der Waals surface area (Å²) in [5.41, 5.74) is 0. The Balaban J connectivity index is 3.83. The molecule has 6 nitrogen and oxygen atoms in total. The van der Waals surface area contributed by atoms with Crippen LogP contribution in [-0.2, 0) is 15.5 Å². The van der Waals surface area contributed by atoms with Crippen molar-refractivity contribution in [2.45, 2.75) is 31.9 Å². The second kappa shape index (κ2) is 11.8. The normalized spacial score (nSPS) is 14.2. The Morgan fingerprint density at radius 1 is 1.23 bits per heavy atom. The first-order chi connectivity index (χ1) is 10.3. The maximum atomic E-state index is 12.0. The summed E-state index contributed by atoms with van der Waals surface area (Å²) in [6.07, 6.45) is 1.04. The molecule has 0 bridgehead atoms. The number of methoxy groups -OCH3 is 1. The third-order valence-electron chi connectivity index (χ3n) is 3.16. The first-order valence-corrected chi connectivity index (χ1v) is 9.13. The predicted octanol–water partition coefficient (Wildman–Crippen LogP) is 0.667. The predicted molar refractivity (Wildman–Crippen MR) is 96.1 cm³/mol. The molecule has 0 aliphatic heterocycles. The fourth-order valence-corrected chi connectivity index (χ4v) is 2.64. The molecule has 1 atom stereocenters. The van der Waals surface area contributed by atoms with Gasteiger partial charge in [-0.05, 0) is 34.2 Å². The van der Waals surface area contributed by atoms with E-state index >= 15 is 0 Å². The maximum absolute atomic E-state index is 12.0. The first-order valence-electron chi connectivity index (χ1n) is 7.81. The van der Waals surface area contributed by atoms with Gasteiger partial charge in [-0.1, -0.05) is 0 Å². The summed E-state index contributed by atoms with van der Waals surface area (Å²) in [5.74, 6) is 1.39. The highest BCUT2D eigenvalue weighted by Gasteiger charge is 2.18. The number of rotatable bonds is 10. The molecular formula is C15H34N4O2S. The van der Waals surface area contributed by atoms with Crippen molar-refractivity contribution < 1.29 is 8.95 Å². The van der Waals surface area contributed by atoms with Gasteiger partial charge in [0.2, 0.25) is 0 Å². The van der Waals surface area contributed by atoms with E-state index < -0.39 is 10.8 Å². The molecule has 0 rings (SSSR count). The summed E-state index contributed by atoms with van der Waals surface area (Å²) in [6, 6.07) is 0. The van der Waals surface area contributed by atoms with Crippen molar-refractivity contribution in [2.75, 3.05) is 59.7 Å². The van der Waals surface area contributed by atoms with Crippen LogP contribution in [0.5, 0.6) is 0 Å². The number of aliphatic imine (C=N–C) groups is 1. The van der Waals surface area contributed by atoms with Crippen molar-refractivity contribution in [3.63, 3.8) is 0 Å². The summed E-state index contributed by atoms with van der Waals surface area (Å²) < 4.78 is 16.8. The molecule has 1 unspecified atom stereocenters. The minimum atomic E-state index is -0.839. The van der Waals surface area contributed by atoms with E-state index in [0.29, 0.717) is 12.3 Å². The quantitative estimate of drug-likeness (QED) is 0.349. The van der Waals surface area contributed by atoms with Crippen LogP contribution < -0.4 is 10.6 Å². The van der Waals surface area contributed by atoms with Gasteiger partial charge in [-0.2, -0.15) is 0 Å². The fraction of sp³-hybridized carbons (Fsp3) is 0.933. The lowest BCUT2D eigenvalue weighted by Gasteiger charge is -2.19. The smallest absolute Gasteiger partial charge is 0.191 e. The second-order valence-corrected chi connectivity index (χ2v) is 8.56. The number of nitrogens with one attached hydrogen (secondary N) is 2. The van der Waals surface area contributed by atoms with Crippen LogP contribution in [0.15, 0.2) is 4.99 Å². The van der Waals surface area contributed by atoms with Gasteiger partial charge in [0.1, 0.15) is 0 Å². The molecule has 0 saturated carbocycles. The highest BCUT2D eigenvalue weighted by atomic mass is 32.2. The minimum absolute atomic E-state index is 0.163. The van der Waals surface area contributed by atoms with E-state index in [9.17, 15) is 4.21 Å². The van der Waals surface area contributed by atoms with E-state index in [4.69, 9.17) is 4.74 Å². The third-order valence-corrected chi connectivity index (χ3v) is 5.10. The average molecular weight is 335 g/mol. The van der Waals surface area contributed by atoms with Gasteiger partial charge in [-0.15, -0.1) is 0 Å². The molecule has 0 aliphatic carbocycles. The summed E-state index contributed by atoms with van der Waals surface area (Å²) in [5, 5.41) is 6.48. The van der Waals surface area contributed by atoms with Crippen molar-refractivity contribution in [2.24, 2.45) is 4.99 Å². The standard InChI is InChI=1S/C15H34N4O2S/c1-15(2,3)22(20)13-9-18-14(16-4)17-8-11-19(5)10-7-12-21-6/h7-13H2,1-6H3,(H2,16,17,18). The summed E-state index contributed by atoms with van der Waals surface area (Å²) in [4.78, 5) is 6.43. The molecule has 0 amide bonds. The molecule has 0 spiro atoms. The SMILES string of the molecule is CN=C(NCCN(C)CCCOC)NCCS(=O)C(C)(C)C. The Morgan fingerprint density at radius 2 is 1.86 bits per heavy atom. The zero-order chi connectivity index (χ0) is 17.0. The van der Waals surface area contributed by atoms with Crippen LogP contribution in [0.2, 0.25) is 0 Å². The molecule has 0 saturated heterocycles. The van der Waals surface area contributed by atoms with Crippen molar-refractivity contribution in [3.05, 3.63) is 0 Å². The van der Waals surface area contributed by atoms with Crippen LogP contribution in [0, 0.1) is 0 Å². The summed E-state index contributed by atoms with van der Waals surface area (Å²) in [6.45, 7) is 10.2. The number of hydrogen-bond donors (Lipinski definition) is 2. The lowest BCUT2D eigenvalue weighted by Crippen LogP contribution is -2.43. The van der Waals surface area contributed by atoms with Gasteiger partial charge in [0.25, 0.3) is 0 Å². The van der Waals surface area contributed by atoms with Gasteiger partial charge < -0.3 is 20.3 Å². The number of hydrogen-bond acceptors (Lipinski definition) is 4. The molecule has 0 aliphatic rings. The second-order valence-electron chi connectivity index (χ2n) is 6.24. The molecule has 0 fully saturated rings. The third kappa shape index (κ3) is 11.0. The Morgan fingerprint density at radius 3 is 2.41 bits per heavy atom. The minimum Gasteiger partial charge on any atom is -0.385 e. The van der Waals surface area contributed by atoms with E-state index in [2.05, 4.69) is 27.6 Å². The summed E-state index contributed by atoms with van der Waals surface area (Å²) in [7, 11) is 4.73. The highest BCUT2D eigenvalue weighted by Crippen LogP contribution is 2.10. The molecule has 2 N–H and O–H groups in total. The van der Waals surface area contributed by atoms with Crippen LogP contribution >= 0.6 is 0 Å². The Hall–Kier alpha value is -0.660. The van der Waals surface area contributed by atoms with Crippen LogP contribution in [0.1, 0.15) is 27.2 Å². The molecular weight excluding hydrogens is 300 g/mol. The maximum Gasteiger partial charge on any atom is 0.191 e. The monoisotopic (exact) mass is 334 g/mol. The molecule has 0 aromatic rings. The van der Waals surface area contributed by atoms with E-state index in [1.165, 1.54) is 0 Å². The largest absolute Gasteiger partial charge is 0.385 e. The topological polar surface area (TPSA) is 66.0 Å². The summed E-state index contributed by atoms with van der Waals surface area (Å²) >= 11 is 0. The highest BCUT2D eigenvalue weighted by molar-refractivity contribution is 7.86. The molecule has 7 heteroatoms. The molecule has 0 aromatic carbocycles. The molecule has 0 heterocycles. The van der Waals surface area contributed by atoms with E-state index in [0.717, 1.165) is 38.6 Å². The van der Waals surface area contributed by atoms with Gasteiger partial charge in [0, 0.05) is 68.2 Å². The number of ether oxygens (including phenoxy) is 1. The lowest BCUT2D eigenvalue weighted by molar-refractivity contribution is 0.180. The van der Waals surface area contributed by atoms with Gasteiger partial charge in [-0.3, -0.25) is 9.20 Å². The fourth-order valence-electron chi connectivity index (χ4n) is 1.74. The van der Waals surface area contributed by atoms with Crippen molar-refractivity contribution in [1.82, 2.24) is 15.5 Å². The molecule has 22 heavy (non-hydrogen) atoms. The molecule has 132 valence electrons. The Labute approximate surface area is 138 Å². The van der Waals surface area contributed by atoms with Crippen LogP contribution in [-0.4, -0.2) is 79.6 Å². The van der Waals surface area contributed by atoms with Crippen LogP contribution in [0.25, 0.3) is 0 Å². The molecule has 0 aromatic heterocycles. The van der Waals surface area contributed by atoms with E-state index in [1.54, 1.807) is 14.2 Å².